The molecule has 0 fully saturated rings. The predicted octanol–water partition coefficient (Wildman–Crippen LogP) is 1.08. The number of hydrogen-bond donors (Lipinski definition) is 3. The number of ether oxygens (including phenoxy) is 1. The fourth-order valence-corrected chi connectivity index (χ4v) is 2.38. The Labute approximate surface area is 115 Å². The third-order valence-electron chi connectivity index (χ3n) is 2.40. The van der Waals surface area contributed by atoms with Crippen molar-refractivity contribution in [2.75, 3.05) is 13.7 Å². The molecule has 0 radical (unpaired) electrons. The molecule has 0 aromatic carbocycles. The molecule has 1 aromatic heterocycles. The molecule has 0 spiro atoms. The molecular weight excluding hydrogens is 268 g/mol. The van der Waals surface area contributed by atoms with Crippen LogP contribution in [-0.4, -0.2) is 42.9 Å². The van der Waals surface area contributed by atoms with Gasteiger partial charge in [0.1, 0.15) is 0 Å². The van der Waals surface area contributed by atoms with Crippen LogP contribution in [0.2, 0.25) is 0 Å². The number of carboxylic acids is 1. The van der Waals surface area contributed by atoms with Gasteiger partial charge in [-0.3, -0.25) is 0 Å². The summed E-state index contributed by atoms with van der Waals surface area (Å²) >= 11 is 1.62. The molecule has 0 bridgehead atoms. The summed E-state index contributed by atoms with van der Waals surface area (Å²) < 4.78 is 4.73. The maximum atomic E-state index is 11.6. The van der Waals surface area contributed by atoms with Crippen LogP contribution in [0.4, 0.5) is 4.79 Å². The number of hydrogen-bond acceptors (Lipinski definition) is 4. The Morgan fingerprint density at radius 2 is 2.21 bits per heavy atom. The minimum absolute atomic E-state index is 0.0674. The molecule has 6 nitrogen and oxygen atoms in total. The maximum absolute atomic E-state index is 11.6. The van der Waals surface area contributed by atoms with E-state index in [9.17, 15) is 9.59 Å². The van der Waals surface area contributed by atoms with Crippen molar-refractivity contribution < 1.29 is 19.4 Å². The minimum Gasteiger partial charge on any atom is -0.480 e. The second-order valence-electron chi connectivity index (χ2n) is 4.15. The summed E-state index contributed by atoms with van der Waals surface area (Å²) in [6.45, 7) is 1.80. The first kappa shape index (κ1) is 15.5. The Bertz CT molecular complexity index is 408. The minimum atomic E-state index is -1.12. The molecular formula is C12H18N2O4S. The molecule has 1 aromatic rings. The average molecular weight is 286 g/mol. The Hall–Kier alpha value is -1.60. The van der Waals surface area contributed by atoms with Gasteiger partial charge in [0, 0.05) is 24.4 Å². The van der Waals surface area contributed by atoms with Crippen molar-refractivity contribution in [3.05, 3.63) is 22.4 Å². The number of methoxy groups -OCH3 is 1. The summed E-state index contributed by atoms with van der Waals surface area (Å²) in [4.78, 5) is 23.6. The van der Waals surface area contributed by atoms with E-state index in [2.05, 4.69) is 10.6 Å². The van der Waals surface area contributed by atoms with Crippen molar-refractivity contribution in [3.63, 3.8) is 0 Å². The van der Waals surface area contributed by atoms with E-state index in [0.29, 0.717) is 6.42 Å². The smallest absolute Gasteiger partial charge is 0.328 e. The van der Waals surface area contributed by atoms with Crippen molar-refractivity contribution in [1.82, 2.24) is 10.6 Å². The van der Waals surface area contributed by atoms with Crippen LogP contribution in [0.15, 0.2) is 17.5 Å². The van der Waals surface area contributed by atoms with Crippen LogP contribution in [0.3, 0.4) is 0 Å². The van der Waals surface area contributed by atoms with Gasteiger partial charge in [0.15, 0.2) is 6.04 Å². The normalized spacial score (nSPS) is 13.6. The van der Waals surface area contributed by atoms with Gasteiger partial charge in [0.05, 0.1) is 6.61 Å². The van der Waals surface area contributed by atoms with Gasteiger partial charge < -0.3 is 20.5 Å². The van der Waals surface area contributed by atoms with Gasteiger partial charge in [-0.25, -0.2) is 9.59 Å². The monoisotopic (exact) mass is 286 g/mol. The van der Waals surface area contributed by atoms with Gasteiger partial charge >= 0.3 is 12.0 Å². The summed E-state index contributed by atoms with van der Waals surface area (Å²) in [5, 5.41) is 15.9. The lowest BCUT2D eigenvalue weighted by atomic mass is 10.2. The fraction of sp³-hybridized carbons (Fsp3) is 0.500. The predicted molar refractivity (Wildman–Crippen MR) is 72.5 cm³/mol. The highest BCUT2D eigenvalue weighted by atomic mass is 32.1. The Kier molecular flexibility index (Phi) is 6.31. The zero-order valence-corrected chi connectivity index (χ0v) is 11.7. The quantitative estimate of drug-likeness (QED) is 0.700. The lowest BCUT2D eigenvalue weighted by Gasteiger charge is -2.17. The first-order chi connectivity index (χ1) is 9.02. The van der Waals surface area contributed by atoms with E-state index < -0.39 is 18.0 Å². The van der Waals surface area contributed by atoms with E-state index in [1.165, 1.54) is 12.0 Å². The highest BCUT2D eigenvalue weighted by Gasteiger charge is 2.20. The van der Waals surface area contributed by atoms with Crippen LogP contribution >= 0.6 is 11.3 Å². The second-order valence-corrected chi connectivity index (χ2v) is 5.18. The van der Waals surface area contributed by atoms with E-state index in [1.54, 1.807) is 11.3 Å². The number of thiophene rings is 1. The molecule has 0 aliphatic rings. The highest BCUT2D eigenvalue weighted by Crippen LogP contribution is 2.10. The van der Waals surface area contributed by atoms with Crippen LogP contribution in [0.5, 0.6) is 0 Å². The van der Waals surface area contributed by atoms with Crippen LogP contribution in [0.1, 0.15) is 11.8 Å². The highest BCUT2D eigenvalue weighted by molar-refractivity contribution is 7.09. The third-order valence-corrected chi connectivity index (χ3v) is 3.30. The van der Waals surface area contributed by atoms with Gasteiger partial charge in [-0.15, -0.1) is 11.3 Å². The summed E-state index contributed by atoms with van der Waals surface area (Å²) in [6.07, 6.45) is 0.715. The van der Waals surface area contributed by atoms with Crippen molar-refractivity contribution in [1.29, 1.82) is 0 Å². The fourth-order valence-electron chi connectivity index (χ4n) is 1.55. The summed E-state index contributed by atoms with van der Waals surface area (Å²) in [5.74, 6) is -1.12. The van der Waals surface area contributed by atoms with Gasteiger partial charge in [-0.2, -0.15) is 0 Å². The second kappa shape index (κ2) is 7.75. The molecule has 2 atom stereocenters. The number of carboxylic acid groups (broad SMARTS) is 1. The average Bonchev–Trinajstić information content (AvgIpc) is 2.80. The number of urea groups is 1. The van der Waals surface area contributed by atoms with Gasteiger partial charge in [0.2, 0.25) is 0 Å². The van der Waals surface area contributed by atoms with Crippen molar-refractivity contribution in [2.24, 2.45) is 0 Å². The largest absolute Gasteiger partial charge is 0.480 e. The molecule has 106 valence electrons. The van der Waals surface area contributed by atoms with Crippen molar-refractivity contribution in [2.45, 2.75) is 25.4 Å². The lowest BCUT2D eigenvalue weighted by Crippen LogP contribution is -2.50. The summed E-state index contributed by atoms with van der Waals surface area (Å²) in [6, 6.07) is 2.32. The first-order valence-corrected chi connectivity index (χ1v) is 6.72. The molecule has 1 rings (SSSR count). The molecule has 7 heteroatoms. The first-order valence-electron chi connectivity index (χ1n) is 5.84. The number of aliphatic carboxylic acids is 1. The van der Waals surface area contributed by atoms with Crippen molar-refractivity contribution >= 4 is 23.3 Å². The molecule has 0 aliphatic heterocycles. The van der Waals surface area contributed by atoms with Gasteiger partial charge in [-0.1, -0.05) is 6.07 Å². The van der Waals surface area contributed by atoms with Crippen molar-refractivity contribution in [3.8, 4) is 0 Å². The molecule has 19 heavy (non-hydrogen) atoms. The van der Waals surface area contributed by atoms with E-state index >= 15 is 0 Å². The maximum Gasteiger partial charge on any atom is 0.328 e. The summed E-state index contributed by atoms with van der Waals surface area (Å²) in [5.41, 5.74) is 0. The Morgan fingerprint density at radius 1 is 1.47 bits per heavy atom. The van der Waals surface area contributed by atoms with E-state index in [1.807, 2.05) is 24.4 Å². The SMILES string of the molecule is COCC(NC(=O)NC(C)Cc1cccs1)C(=O)O. The molecule has 2 unspecified atom stereocenters. The zero-order valence-electron chi connectivity index (χ0n) is 10.9. The molecule has 0 saturated heterocycles. The standard InChI is InChI=1S/C12H18N2O4S/c1-8(6-9-4-3-5-19-9)13-12(17)14-10(7-18-2)11(15)16/h3-5,8,10H,6-7H2,1-2H3,(H,15,16)(H2,13,14,17). The molecule has 1 heterocycles. The number of rotatable bonds is 7. The number of carbonyl (C=O) groups is 2. The van der Waals surface area contributed by atoms with Crippen LogP contribution in [0.25, 0.3) is 0 Å². The Morgan fingerprint density at radius 3 is 2.74 bits per heavy atom. The number of carbonyl (C=O) groups excluding carboxylic acids is 1. The topological polar surface area (TPSA) is 87.7 Å². The van der Waals surface area contributed by atoms with Crippen LogP contribution in [0, 0.1) is 0 Å². The lowest BCUT2D eigenvalue weighted by molar-refractivity contribution is -0.140. The van der Waals surface area contributed by atoms with E-state index in [4.69, 9.17) is 9.84 Å². The zero-order chi connectivity index (χ0) is 14.3. The van der Waals surface area contributed by atoms with Gasteiger partial charge in [0.25, 0.3) is 0 Å². The molecule has 2 amide bonds. The third kappa shape index (κ3) is 5.71. The number of nitrogens with one attached hydrogen (secondary N) is 2. The van der Waals surface area contributed by atoms with Crippen LogP contribution < -0.4 is 10.6 Å². The summed E-state index contributed by atoms with van der Waals surface area (Å²) in [7, 11) is 1.38. The number of amides is 2. The van der Waals surface area contributed by atoms with Gasteiger partial charge in [-0.05, 0) is 18.4 Å². The van der Waals surface area contributed by atoms with Crippen LogP contribution in [-0.2, 0) is 16.0 Å². The molecule has 0 saturated carbocycles. The molecule has 0 aliphatic carbocycles. The Balaban J connectivity index is 2.38. The molecule has 3 N–H and O–H groups in total. The van der Waals surface area contributed by atoms with E-state index in [-0.39, 0.29) is 12.6 Å². The van der Waals surface area contributed by atoms with E-state index in [0.717, 1.165) is 0 Å².